The molecule has 1 aliphatic heterocycles. The molecule has 0 saturated carbocycles. The van der Waals surface area contributed by atoms with Crippen LogP contribution in [-0.4, -0.2) is 49.4 Å². The van der Waals surface area contributed by atoms with Crippen molar-refractivity contribution in [3.05, 3.63) is 59.7 Å². The molecule has 7 nitrogen and oxygen atoms in total. The Morgan fingerprint density at radius 3 is 2.38 bits per heavy atom. The summed E-state index contributed by atoms with van der Waals surface area (Å²) >= 11 is 5.33. The van der Waals surface area contributed by atoms with Gasteiger partial charge in [0.15, 0.2) is 28.1 Å². The number of thiocarbonyl (C=S) groups is 1. The van der Waals surface area contributed by atoms with Gasteiger partial charge in [-0.15, -0.1) is 0 Å². The van der Waals surface area contributed by atoms with Gasteiger partial charge in [0.2, 0.25) is 0 Å². The average Bonchev–Trinajstić information content (AvgIpc) is 3.37. The maximum atomic E-state index is 13.2. The maximum absolute atomic E-state index is 13.2. The molecule has 1 aliphatic rings. The highest BCUT2D eigenvalue weighted by Gasteiger charge is 2.33. The van der Waals surface area contributed by atoms with Crippen LogP contribution in [0, 0.1) is 5.92 Å². The van der Waals surface area contributed by atoms with Crippen LogP contribution in [-0.2, 0) is 9.53 Å². The molecule has 1 N–H and O–H groups in total. The fourth-order valence-electron chi connectivity index (χ4n) is 3.53. The van der Waals surface area contributed by atoms with Crippen LogP contribution in [0.1, 0.15) is 40.0 Å². The molecule has 1 saturated heterocycles. The first-order valence-corrected chi connectivity index (χ1v) is 10.7. The van der Waals surface area contributed by atoms with Crippen LogP contribution in [0.25, 0.3) is 0 Å². The average molecular weight is 456 g/mol. The second-order valence-electron chi connectivity index (χ2n) is 7.37. The summed E-state index contributed by atoms with van der Waals surface area (Å²) in [6.07, 6.45) is 1.26. The monoisotopic (exact) mass is 455 g/mol. The predicted molar refractivity (Wildman–Crippen MR) is 122 cm³/mol. The summed E-state index contributed by atoms with van der Waals surface area (Å²) in [6.45, 7) is 0.719. The van der Waals surface area contributed by atoms with E-state index in [1.165, 1.54) is 14.2 Å². The largest absolute Gasteiger partial charge is 0.493 e. The highest BCUT2D eigenvalue weighted by atomic mass is 32.1. The molecule has 3 rings (SSSR count). The van der Waals surface area contributed by atoms with E-state index in [9.17, 15) is 14.4 Å². The lowest BCUT2D eigenvalue weighted by Crippen LogP contribution is -2.36. The molecule has 1 unspecified atom stereocenters. The summed E-state index contributed by atoms with van der Waals surface area (Å²) in [4.78, 5) is 38.7. The van der Waals surface area contributed by atoms with Gasteiger partial charge < -0.3 is 19.5 Å². The molecule has 32 heavy (non-hydrogen) atoms. The molecule has 0 radical (unpaired) electrons. The number of hydrogen-bond acceptors (Lipinski definition) is 8. The number of carbonyl (C=O) groups excluding carboxylic acids is 3. The molecule has 0 aromatic heterocycles. The zero-order valence-corrected chi connectivity index (χ0v) is 18.8. The van der Waals surface area contributed by atoms with Crippen LogP contribution in [0.3, 0.4) is 0 Å². The molecule has 0 aliphatic carbocycles. The number of rotatable bonds is 9. The van der Waals surface area contributed by atoms with Crippen molar-refractivity contribution in [3.63, 3.8) is 0 Å². The summed E-state index contributed by atoms with van der Waals surface area (Å²) in [7, 11) is 2.97. The predicted octanol–water partition coefficient (Wildman–Crippen LogP) is 3.40. The standard InChI is InChI=1S/C24H25NO6S/c1-29-20-11-10-16(13-21(20)30-2)19(26)14-17(22(27)15-7-4-3-5-8-15)24(32)31-23(28)18-9-6-12-25-18/h3-5,7-8,10-11,13,17-18,25H,6,9,12,14H2,1-2H3/t17?,18-/m0/s1. The Hall–Kier alpha value is -3.10. The van der Waals surface area contributed by atoms with Gasteiger partial charge in [0, 0.05) is 17.5 Å². The molecule has 8 heteroatoms. The number of methoxy groups -OCH3 is 2. The molecule has 0 amide bonds. The molecule has 1 fully saturated rings. The van der Waals surface area contributed by atoms with Gasteiger partial charge in [0.1, 0.15) is 6.04 Å². The number of nitrogens with one attached hydrogen (secondary N) is 1. The van der Waals surface area contributed by atoms with Gasteiger partial charge in [0.05, 0.1) is 20.1 Å². The molecule has 2 aromatic rings. The Morgan fingerprint density at radius 1 is 1.03 bits per heavy atom. The number of ketones is 2. The van der Waals surface area contributed by atoms with Crippen LogP contribution < -0.4 is 14.8 Å². The third kappa shape index (κ3) is 5.57. The minimum atomic E-state index is -1.08. The van der Waals surface area contributed by atoms with E-state index in [4.69, 9.17) is 26.4 Å². The molecule has 1 heterocycles. The second kappa shape index (κ2) is 11.0. The molecular weight excluding hydrogens is 430 g/mol. The quantitative estimate of drug-likeness (QED) is 0.350. The zero-order valence-electron chi connectivity index (χ0n) is 18.0. The number of ether oxygens (including phenoxy) is 3. The molecule has 2 atom stereocenters. The van der Waals surface area contributed by atoms with Crippen molar-refractivity contribution in [1.29, 1.82) is 0 Å². The number of Topliss-reactive ketones (excluding diaryl/α,β-unsaturated/α-hetero) is 2. The van der Waals surface area contributed by atoms with Gasteiger partial charge in [-0.1, -0.05) is 30.3 Å². The normalized spacial score (nSPS) is 16.1. The zero-order chi connectivity index (χ0) is 23.1. The van der Waals surface area contributed by atoms with E-state index in [0.717, 1.165) is 13.0 Å². The van der Waals surface area contributed by atoms with Crippen LogP contribution >= 0.6 is 12.2 Å². The number of hydrogen-bond donors (Lipinski definition) is 1. The number of benzene rings is 2. The van der Waals surface area contributed by atoms with Crippen molar-refractivity contribution in [2.75, 3.05) is 20.8 Å². The minimum absolute atomic E-state index is 0.202. The highest BCUT2D eigenvalue weighted by Crippen LogP contribution is 2.29. The first-order chi connectivity index (χ1) is 15.4. The van der Waals surface area contributed by atoms with E-state index in [0.29, 0.717) is 29.0 Å². The fourth-order valence-corrected chi connectivity index (χ4v) is 3.80. The van der Waals surface area contributed by atoms with Crippen molar-refractivity contribution in [2.24, 2.45) is 5.92 Å². The van der Waals surface area contributed by atoms with Crippen molar-refractivity contribution in [2.45, 2.75) is 25.3 Å². The lowest BCUT2D eigenvalue weighted by molar-refractivity contribution is -0.137. The van der Waals surface area contributed by atoms with E-state index in [1.54, 1.807) is 48.5 Å². The van der Waals surface area contributed by atoms with E-state index < -0.39 is 17.9 Å². The first kappa shape index (κ1) is 23.6. The SMILES string of the molecule is COc1ccc(C(=O)CC(C(=O)c2ccccc2)C(=S)OC(=O)[C@@H]2CCCN2)cc1OC. The lowest BCUT2D eigenvalue weighted by atomic mass is 9.91. The molecule has 168 valence electrons. The fraction of sp³-hybridized carbons (Fsp3) is 0.333. The van der Waals surface area contributed by atoms with E-state index in [1.807, 2.05) is 0 Å². The summed E-state index contributed by atoms with van der Waals surface area (Å²) in [5.74, 6) is -1.45. The Kier molecular flexibility index (Phi) is 8.08. The molecular formula is C24H25NO6S. The summed E-state index contributed by atoms with van der Waals surface area (Å²) in [6, 6.07) is 12.8. The van der Waals surface area contributed by atoms with Crippen molar-refractivity contribution in [3.8, 4) is 11.5 Å². The van der Waals surface area contributed by atoms with Gasteiger partial charge in [-0.3, -0.25) is 9.59 Å². The van der Waals surface area contributed by atoms with Gasteiger partial charge in [-0.2, -0.15) is 0 Å². The van der Waals surface area contributed by atoms with E-state index in [2.05, 4.69) is 5.32 Å². The maximum Gasteiger partial charge on any atom is 0.329 e. The molecule has 2 aromatic carbocycles. The number of carbonyl (C=O) groups is 3. The smallest absolute Gasteiger partial charge is 0.329 e. The van der Waals surface area contributed by atoms with Crippen molar-refractivity contribution >= 4 is 34.8 Å². The molecule has 0 spiro atoms. The number of esters is 1. The molecule has 0 bridgehead atoms. The van der Waals surface area contributed by atoms with Crippen molar-refractivity contribution < 1.29 is 28.6 Å². The Bertz CT molecular complexity index is 1000. The van der Waals surface area contributed by atoms with Crippen molar-refractivity contribution in [1.82, 2.24) is 5.32 Å². The van der Waals surface area contributed by atoms with Gasteiger partial charge in [-0.25, -0.2) is 4.79 Å². The summed E-state index contributed by atoms with van der Waals surface area (Å²) in [5.41, 5.74) is 0.718. The second-order valence-corrected chi connectivity index (χ2v) is 7.77. The lowest BCUT2D eigenvalue weighted by Gasteiger charge is -2.18. The van der Waals surface area contributed by atoms with E-state index >= 15 is 0 Å². The third-order valence-electron chi connectivity index (χ3n) is 5.30. The summed E-state index contributed by atoms with van der Waals surface area (Å²) < 4.78 is 15.8. The van der Waals surface area contributed by atoms with Crippen LogP contribution in [0.15, 0.2) is 48.5 Å². The Labute approximate surface area is 192 Å². The first-order valence-electron chi connectivity index (χ1n) is 10.3. The third-order valence-corrected chi connectivity index (χ3v) is 5.67. The summed E-state index contributed by atoms with van der Waals surface area (Å²) in [5, 5.41) is 2.84. The van der Waals surface area contributed by atoms with Gasteiger partial charge in [-0.05, 0) is 49.8 Å². The van der Waals surface area contributed by atoms with Gasteiger partial charge >= 0.3 is 5.97 Å². The van der Waals surface area contributed by atoms with Gasteiger partial charge in [0.25, 0.3) is 0 Å². The topological polar surface area (TPSA) is 90.9 Å². The van der Waals surface area contributed by atoms with E-state index in [-0.39, 0.29) is 23.0 Å². The van der Waals surface area contributed by atoms with Crippen LogP contribution in [0.2, 0.25) is 0 Å². The minimum Gasteiger partial charge on any atom is -0.493 e. The highest BCUT2D eigenvalue weighted by molar-refractivity contribution is 7.80. The Balaban J connectivity index is 1.83. The van der Waals surface area contributed by atoms with Crippen LogP contribution in [0.5, 0.6) is 11.5 Å². The Morgan fingerprint density at radius 2 is 1.75 bits per heavy atom. The van der Waals surface area contributed by atoms with Crippen LogP contribution in [0.4, 0.5) is 0 Å².